The number of rotatable bonds is 8. The number of thioether (sulfide) groups is 1. The van der Waals surface area contributed by atoms with Gasteiger partial charge < -0.3 is 15.2 Å². The van der Waals surface area contributed by atoms with Gasteiger partial charge in [-0.15, -0.1) is 0 Å². The Morgan fingerprint density at radius 3 is 2.68 bits per heavy atom. The topological polar surface area (TPSA) is 61.5 Å². The number of halogens is 2. The van der Waals surface area contributed by atoms with Gasteiger partial charge in [0.2, 0.25) is 0 Å². The number of methoxy groups -OCH3 is 1. The third-order valence-electron chi connectivity index (χ3n) is 3.96. The molecule has 2 rings (SSSR count). The number of carbonyl (C=O) groups excluding carboxylic acids is 1. The van der Waals surface area contributed by atoms with Gasteiger partial charge in [0.25, 0.3) is 5.91 Å². The fraction of sp³-hybridized carbons (Fsp3) is 0.190. The number of hydrogen-bond acceptors (Lipinski definition) is 4. The van der Waals surface area contributed by atoms with Gasteiger partial charge in [-0.1, -0.05) is 42.1 Å². The summed E-state index contributed by atoms with van der Waals surface area (Å²) in [4.78, 5) is 12.1. The summed E-state index contributed by atoms with van der Waals surface area (Å²) in [5, 5.41) is 2.45. The SMILES string of the molecule is C=C(COc1ccc(C)c(C(N)=O)c1F)SC=C(C)c1ccc(Cl)c(OC)c1. The Kier molecular flexibility index (Phi) is 7.54. The molecule has 0 aliphatic carbocycles. The first-order chi connectivity index (χ1) is 13.2. The predicted octanol–water partition coefficient (Wildman–Crippen LogP) is 5.58. The number of amides is 1. The molecule has 0 heterocycles. The maximum atomic E-state index is 14.4. The van der Waals surface area contributed by atoms with Crippen LogP contribution in [-0.4, -0.2) is 19.6 Å². The van der Waals surface area contributed by atoms with Gasteiger partial charge in [-0.05, 0) is 54.2 Å². The van der Waals surface area contributed by atoms with E-state index >= 15 is 0 Å². The van der Waals surface area contributed by atoms with Crippen LogP contribution in [0.15, 0.2) is 47.2 Å². The lowest BCUT2D eigenvalue weighted by atomic mass is 10.1. The zero-order valence-corrected chi connectivity index (χ0v) is 17.4. The Hall–Kier alpha value is -2.44. The molecule has 0 aliphatic heterocycles. The van der Waals surface area contributed by atoms with E-state index in [1.54, 1.807) is 26.2 Å². The highest BCUT2D eigenvalue weighted by Crippen LogP contribution is 2.30. The Morgan fingerprint density at radius 1 is 1.32 bits per heavy atom. The summed E-state index contributed by atoms with van der Waals surface area (Å²) in [6, 6.07) is 8.57. The van der Waals surface area contributed by atoms with E-state index in [9.17, 15) is 9.18 Å². The molecule has 0 saturated carbocycles. The monoisotopic (exact) mass is 421 g/mol. The summed E-state index contributed by atoms with van der Waals surface area (Å²) in [6.07, 6.45) is 0. The summed E-state index contributed by atoms with van der Waals surface area (Å²) in [7, 11) is 1.56. The van der Waals surface area contributed by atoms with Gasteiger partial charge in [-0.2, -0.15) is 0 Å². The molecule has 0 unspecified atom stereocenters. The van der Waals surface area contributed by atoms with Gasteiger partial charge in [0, 0.05) is 4.91 Å². The summed E-state index contributed by atoms with van der Waals surface area (Å²) >= 11 is 7.41. The zero-order valence-electron chi connectivity index (χ0n) is 15.8. The Balaban J connectivity index is 2.02. The molecule has 0 fully saturated rings. The summed E-state index contributed by atoms with van der Waals surface area (Å²) in [5.41, 5.74) is 7.46. The van der Waals surface area contributed by atoms with Gasteiger partial charge in [0.05, 0.1) is 17.7 Å². The van der Waals surface area contributed by atoms with Crippen molar-refractivity contribution in [1.29, 1.82) is 0 Å². The number of aryl methyl sites for hydroxylation is 1. The Morgan fingerprint density at radius 2 is 2.04 bits per heavy atom. The highest BCUT2D eigenvalue weighted by Gasteiger charge is 2.16. The van der Waals surface area contributed by atoms with Crippen LogP contribution < -0.4 is 15.2 Å². The molecule has 0 saturated heterocycles. The van der Waals surface area contributed by atoms with Crippen molar-refractivity contribution < 1.29 is 18.7 Å². The normalized spacial score (nSPS) is 11.2. The van der Waals surface area contributed by atoms with Crippen molar-refractivity contribution in [3.8, 4) is 11.5 Å². The van der Waals surface area contributed by atoms with Gasteiger partial charge in [0.1, 0.15) is 12.4 Å². The van der Waals surface area contributed by atoms with Crippen LogP contribution in [0.3, 0.4) is 0 Å². The molecule has 7 heteroatoms. The molecule has 2 aromatic rings. The van der Waals surface area contributed by atoms with E-state index in [1.165, 1.54) is 17.8 Å². The van der Waals surface area contributed by atoms with Crippen molar-refractivity contribution in [3.63, 3.8) is 0 Å². The minimum absolute atomic E-state index is 0.0377. The van der Waals surface area contributed by atoms with E-state index < -0.39 is 11.7 Å². The van der Waals surface area contributed by atoms with Crippen molar-refractivity contribution in [2.24, 2.45) is 5.73 Å². The van der Waals surface area contributed by atoms with E-state index in [1.807, 2.05) is 24.5 Å². The first-order valence-corrected chi connectivity index (χ1v) is 9.57. The van der Waals surface area contributed by atoms with Crippen LogP contribution in [0.25, 0.3) is 5.57 Å². The highest BCUT2D eigenvalue weighted by molar-refractivity contribution is 8.06. The van der Waals surface area contributed by atoms with Crippen molar-refractivity contribution >= 4 is 34.8 Å². The lowest BCUT2D eigenvalue weighted by Crippen LogP contribution is -2.16. The minimum Gasteiger partial charge on any atom is -0.495 e. The molecular weight excluding hydrogens is 401 g/mol. The van der Waals surface area contributed by atoms with Crippen molar-refractivity contribution in [3.05, 3.63) is 74.8 Å². The molecule has 2 N–H and O–H groups in total. The number of primary amides is 1. The Labute approximate surface area is 173 Å². The second-order valence-electron chi connectivity index (χ2n) is 6.03. The number of hydrogen-bond donors (Lipinski definition) is 1. The van der Waals surface area contributed by atoms with E-state index in [-0.39, 0.29) is 17.9 Å². The molecule has 0 radical (unpaired) electrons. The van der Waals surface area contributed by atoms with E-state index in [0.717, 1.165) is 11.1 Å². The number of ether oxygens (including phenoxy) is 2. The molecule has 0 bridgehead atoms. The maximum Gasteiger partial charge on any atom is 0.252 e. The molecule has 0 aliphatic rings. The minimum atomic E-state index is -0.828. The maximum absolute atomic E-state index is 14.4. The summed E-state index contributed by atoms with van der Waals surface area (Å²) in [5.74, 6) is -1.03. The molecule has 1 amide bonds. The van der Waals surface area contributed by atoms with E-state index in [0.29, 0.717) is 21.2 Å². The molecule has 4 nitrogen and oxygen atoms in total. The third-order valence-corrected chi connectivity index (χ3v) is 5.19. The quantitative estimate of drug-likeness (QED) is 0.604. The lowest BCUT2D eigenvalue weighted by molar-refractivity contribution is 0.0995. The lowest BCUT2D eigenvalue weighted by Gasteiger charge is -2.11. The molecule has 0 spiro atoms. The second-order valence-corrected chi connectivity index (χ2v) is 7.49. The molecule has 28 heavy (non-hydrogen) atoms. The Bertz CT molecular complexity index is 943. The summed E-state index contributed by atoms with van der Waals surface area (Å²) in [6.45, 7) is 7.56. The van der Waals surface area contributed by atoms with E-state index in [4.69, 9.17) is 26.8 Å². The van der Waals surface area contributed by atoms with Gasteiger partial charge in [0.15, 0.2) is 11.6 Å². The van der Waals surface area contributed by atoms with Crippen LogP contribution >= 0.6 is 23.4 Å². The average Bonchev–Trinajstić information content (AvgIpc) is 2.65. The van der Waals surface area contributed by atoms with Crippen LogP contribution in [0.2, 0.25) is 5.02 Å². The highest BCUT2D eigenvalue weighted by atomic mass is 35.5. The largest absolute Gasteiger partial charge is 0.495 e. The fourth-order valence-corrected chi connectivity index (χ4v) is 3.21. The average molecular weight is 422 g/mol. The molecular formula is C21H21ClFNO3S. The predicted molar refractivity (Wildman–Crippen MR) is 114 cm³/mol. The van der Waals surface area contributed by atoms with Gasteiger partial charge >= 0.3 is 0 Å². The van der Waals surface area contributed by atoms with Gasteiger partial charge in [-0.3, -0.25) is 4.79 Å². The number of allylic oxidation sites excluding steroid dienone is 1. The molecule has 0 atom stereocenters. The van der Waals surface area contributed by atoms with Crippen LogP contribution in [0.1, 0.15) is 28.4 Å². The number of carbonyl (C=O) groups is 1. The van der Waals surface area contributed by atoms with Crippen LogP contribution in [0.5, 0.6) is 11.5 Å². The van der Waals surface area contributed by atoms with Crippen molar-refractivity contribution in [2.75, 3.05) is 13.7 Å². The summed E-state index contributed by atoms with van der Waals surface area (Å²) < 4.78 is 25.1. The first kappa shape index (κ1) is 21.9. The van der Waals surface area contributed by atoms with Crippen LogP contribution in [0.4, 0.5) is 4.39 Å². The fourth-order valence-electron chi connectivity index (χ4n) is 2.40. The van der Waals surface area contributed by atoms with Crippen LogP contribution in [0, 0.1) is 12.7 Å². The van der Waals surface area contributed by atoms with Gasteiger partial charge in [-0.25, -0.2) is 4.39 Å². The van der Waals surface area contributed by atoms with Crippen molar-refractivity contribution in [1.82, 2.24) is 0 Å². The number of benzene rings is 2. The van der Waals surface area contributed by atoms with Crippen molar-refractivity contribution in [2.45, 2.75) is 13.8 Å². The first-order valence-electron chi connectivity index (χ1n) is 8.31. The third kappa shape index (κ3) is 5.30. The van der Waals surface area contributed by atoms with E-state index in [2.05, 4.69) is 6.58 Å². The zero-order chi connectivity index (χ0) is 20.8. The second kappa shape index (κ2) is 9.66. The smallest absolute Gasteiger partial charge is 0.252 e. The standard InChI is InChI=1S/C21H21ClFNO3S/c1-12-5-8-17(20(23)19(12)21(24)25)27-10-14(3)28-11-13(2)15-6-7-16(22)18(9-15)26-4/h5-9,11H,3,10H2,1-2,4H3,(H2,24,25). The molecule has 148 valence electrons. The molecule has 0 aromatic heterocycles. The molecule has 2 aromatic carbocycles. The number of nitrogens with two attached hydrogens (primary N) is 1. The van der Waals surface area contributed by atoms with Crippen LogP contribution in [-0.2, 0) is 0 Å².